The lowest BCUT2D eigenvalue weighted by Crippen LogP contribution is -2.36. The Morgan fingerprint density at radius 1 is 1.26 bits per heavy atom. The maximum Gasteiger partial charge on any atom is 0.264 e. The van der Waals surface area contributed by atoms with Gasteiger partial charge in [0.25, 0.3) is 5.92 Å². The molecule has 1 saturated carbocycles. The third kappa shape index (κ3) is 4.39. The van der Waals surface area contributed by atoms with E-state index in [1.54, 1.807) is 23.8 Å². The van der Waals surface area contributed by atoms with Crippen molar-refractivity contribution in [2.45, 2.75) is 63.6 Å². The first-order valence-corrected chi connectivity index (χ1v) is 11.3. The van der Waals surface area contributed by atoms with Gasteiger partial charge in [-0.25, -0.2) is 18.0 Å². The Morgan fingerprint density at radius 3 is 2.74 bits per heavy atom. The third-order valence-corrected chi connectivity index (χ3v) is 6.32. The highest BCUT2D eigenvalue weighted by Gasteiger charge is 2.29. The first-order valence-electron chi connectivity index (χ1n) is 11.3. The molecule has 0 aliphatic heterocycles. The van der Waals surface area contributed by atoms with Crippen molar-refractivity contribution in [1.82, 2.24) is 29.6 Å². The van der Waals surface area contributed by atoms with Crippen molar-refractivity contribution in [1.29, 1.82) is 0 Å². The van der Waals surface area contributed by atoms with Gasteiger partial charge in [-0.3, -0.25) is 0 Å². The lowest BCUT2D eigenvalue weighted by molar-refractivity contribution is 0.00129. The van der Waals surface area contributed by atoms with Gasteiger partial charge in [-0.15, -0.1) is 10.2 Å². The molecule has 1 aromatic carbocycles. The molecule has 1 fully saturated rings. The van der Waals surface area contributed by atoms with Crippen molar-refractivity contribution in [2.24, 2.45) is 0 Å². The van der Waals surface area contributed by atoms with Gasteiger partial charge in [0.05, 0.1) is 18.2 Å². The predicted molar refractivity (Wildman–Crippen MR) is 123 cm³/mol. The fourth-order valence-electron chi connectivity index (χ4n) is 4.51. The molecule has 0 atom stereocenters. The van der Waals surface area contributed by atoms with Gasteiger partial charge in [-0.2, -0.15) is 4.98 Å². The number of nitrogens with one attached hydrogen (secondary N) is 1. The van der Waals surface area contributed by atoms with Crippen molar-refractivity contribution in [3.63, 3.8) is 0 Å². The van der Waals surface area contributed by atoms with Crippen LogP contribution in [-0.4, -0.2) is 59.4 Å². The van der Waals surface area contributed by atoms with Crippen molar-refractivity contribution >= 4 is 22.5 Å². The number of halogens is 2. The highest BCUT2D eigenvalue weighted by molar-refractivity contribution is 5.89. The van der Waals surface area contributed by atoms with Gasteiger partial charge >= 0.3 is 0 Å². The molecule has 1 aliphatic rings. The molecule has 34 heavy (non-hydrogen) atoms. The molecule has 1 aliphatic carbocycles. The summed E-state index contributed by atoms with van der Waals surface area (Å²) in [5.41, 5.74) is 2.70. The molecule has 11 heteroatoms. The van der Waals surface area contributed by atoms with Crippen molar-refractivity contribution in [3.05, 3.63) is 30.5 Å². The summed E-state index contributed by atoms with van der Waals surface area (Å²) in [6.07, 6.45) is 4.90. The molecule has 0 saturated heterocycles. The predicted octanol–water partition coefficient (Wildman–Crippen LogP) is 3.91. The first kappa shape index (κ1) is 22.5. The van der Waals surface area contributed by atoms with E-state index in [2.05, 4.69) is 25.7 Å². The minimum atomic E-state index is -2.91. The molecule has 3 aromatic heterocycles. The van der Waals surface area contributed by atoms with E-state index in [0.717, 1.165) is 43.7 Å². The lowest BCUT2D eigenvalue weighted by atomic mass is 9.84. The molecule has 9 nitrogen and oxygen atoms in total. The number of aromatic nitrogens is 6. The fraction of sp³-hybridized carbons (Fsp3) is 0.478. The fourth-order valence-corrected chi connectivity index (χ4v) is 4.51. The van der Waals surface area contributed by atoms with Crippen LogP contribution in [0.2, 0.25) is 0 Å². The molecule has 4 aromatic rings. The standard InChI is InChI=1S/C23H27F2N7O2/c1-22(33)9-6-15(7-10-22)26-21-27-20(34-3)19-16(8-11-31(19)29-21)14-4-5-17-18(12-14)32(30-28-17)13-23(2,24)25/h4-5,8,11-12,15,33H,6-7,9-10,13H2,1-3H3,(H,26,29). The summed E-state index contributed by atoms with van der Waals surface area (Å²) in [6, 6.07) is 7.46. The van der Waals surface area contributed by atoms with Gasteiger partial charge in [0.1, 0.15) is 17.6 Å². The Hall–Kier alpha value is -3.34. The van der Waals surface area contributed by atoms with Crippen LogP contribution in [0.5, 0.6) is 5.88 Å². The van der Waals surface area contributed by atoms with Crippen molar-refractivity contribution < 1.29 is 18.6 Å². The molecule has 5 rings (SSSR count). The first-order chi connectivity index (χ1) is 16.1. The highest BCUT2D eigenvalue weighted by Crippen LogP contribution is 2.34. The summed E-state index contributed by atoms with van der Waals surface area (Å²) in [6.45, 7) is 2.17. The monoisotopic (exact) mass is 471 g/mol. The number of hydrogen-bond donors (Lipinski definition) is 2. The molecule has 2 N–H and O–H groups in total. The Balaban J connectivity index is 1.49. The van der Waals surface area contributed by atoms with Gasteiger partial charge in [-0.1, -0.05) is 11.3 Å². The minimum Gasteiger partial charge on any atom is -0.479 e. The van der Waals surface area contributed by atoms with E-state index >= 15 is 0 Å². The smallest absolute Gasteiger partial charge is 0.264 e. The zero-order valence-corrected chi connectivity index (χ0v) is 19.3. The number of methoxy groups -OCH3 is 1. The SMILES string of the molecule is COc1nc(NC2CCC(C)(O)CC2)nn2ccc(-c3ccc4nnn(CC(C)(F)F)c4c3)c12. The number of nitrogens with zero attached hydrogens (tertiary/aromatic N) is 6. The van der Waals surface area contributed by atoms with Crippen molar-refractivity contribution in [2.75, 3.05) is 12.4 Å². The van der Waals surface area contributed by atoms with E-state index in [4.69, 9.17) is 4.74 Å². The van der Waals surface area contributed by atoms with E-state index in [9.17, 15) is 13.9 Å². The van der Waals surface area contributed by atoms with Crippen LogP contribution in [0.25, 0.3) is 27.7 Å². The van der Waals surface area contributed by atoms with Crippen LogP contribution in [0.1, 0.15) is 39.5 Å². The lowest BCUT2D eigenvalue weighted by Gasteiger charge is -2.33. The molecule has 0 spiro atoms. The van der Waals surface area contributed by atoms with E-state index in [0.29, 0.717) is 28.4 Å². The van der Waals surface area contributed by atoms with E-state index < -0.39 is 18.1 Å². The maximum absolute atomic E-state index is 13.6. The summed E-state index contributed by atoms with van der Waals surface area (Å²) < 4.78 is 35.7. The quantitative estimate of drug-likeness (QED) is 0.440. The van der Waals surface area contributed by atoms with Gasteiger partial charge in [-0.05, 0) is 56.4 Å². The number of fused-ring (bicyclic) bond motifs is 2. The molecule has 0 bridgehead atoms. The number of ether oxygens (including phenoxy) is 1. The number of rotatable bonds is 6. The van der Waals surface area contributed by atoms with Gasteiger partial charge < -0.3 is 15.2 Å². The zero-order valence-electron chi connectivity index (χ0n) is 19.3. The normalized spacial score (nSPS) is 21.3. The molecular formula is C23H27F2N7O2. The summed E-state index contributed by atoms with van der Waals surface area (Å²) >= 11 is 0. The Labute approximate surface area is 194 Å². The second kappa shape index (κ2) is 8.15. The average Bonchev–Trinajstić information content (AvgIpc) is 3.37. The van der Waals surface area contributed by atoms with E-state index in [1.807, 2.05) is 25.3 Å². The van der Waals surface area contributed by atoms with Crippen LogP contribution in [0, 0.1) is 0 Å². The van der Waals surface area contributed by atoms with Crippen LogP contribution in [-0.2, 0) is 6.54 Å². The van der Waals surface area contributed by atoms with E-state index in [-0.39, 0.29) is 6.04 Å². The van der Waals surface area contributed by atoms with E-state index in [1.165, 1.54) is 4.68 Å². The van der Waals surface area contributed by atoms with Crippen molar-refractivity contribution in [3.8, 4) is 17.0 Å². The average molecular weight is 472 g/mol. The molecule has 0 radical (unpaired) electrons. The number of aliphatic hydroxyl groups is 1. The third-order valence-electron chi connectivity index (χ3n) is 6.32. The highest BCUT2D eigenvalue weighted by atomic mass is 19.3. The Kier molecular flexibility index (Phi) is 5.38. The van der Waals surface area contributed by atoms with Gasteiger partial charge in [0.2, 0.25) is 11.8 Å². The number of benzene rings is 1. The summed E-state index contributed by atoms with van der Waals surface area (Å²) in [4.78, 5) is 4.57. The number of anilines is 1. The van der Waals surface area contributed by atoms with Crippen LogP contribution < -0.4 is 10.1 Å². The summed E-state index contributed by atoms with van der Waals surface area (Å²) in [5.74, 6) is -2.07. The molecular weight excluding hydrogens is 444 g/mol. The second-order valence-corrected chi connectivity index (χ2v) is 9.40. The van der Waals surface area contributed by atoms with Gasteiger partial charge in [0, 0.05) is 24.7 Å². The minimum absolute atomic E-state index is 0.171. The number of hydrogen-bond acceptors (Lipinski definition) is 7. The van der Waals surface area contributed by atoms with Crippen LogP contribution in [0.15, 0.2) is 30.5 Å². The summed E-state index contributed by atoms with van der Waals surface area (Å²) in [7, 11) is 1.55. The second-order valence-electron chi connectivity index (χ2n) is 9.40. The zero-order chi connectivity index (χ0) is 24.1. The maximum atomic E-state index is 13.6. The van der Waals surface area contributed by atoms with Crippen LogP contribution in [0.3, 0.4) is 0 Å². The van der Waals surface area contributed by atoms with Crippen LogP contribution in [0.4, 0.5) is 14.7 Å². The van der Waals surface area contributed by atoms with Crippen LogP contribution >= 0.6 is 0 Å². The van der Waals surface area contributed by atoms with Gasteiger partial charge in [0.15, 0.2) is 0 Å². The number of alkyl halides is 2. The Morgan fingerprint density at radius 2 is 2.03 bits per heavy atom. The molecule has 0 unspecified atom stereocenters. The molecule has 0 amide bonds. The molecule has 3 heterocycles. The topological polar surface area (TPSA) is 102 Å². The summed E-state index contributed by atoms with van der Waals surface area (Å²) in [5, 5.41) is 26.0. The Bertz CT molecular complexity index is 1330. The molecule has 180 valence electrons. The largest absolute Gasteiger partial charge is 0.479 e.